The highest BCUT2D eigenvalue weighted by Gasteiger charge is 2.12. The van der Waals surface area contributed by atoms with Gasteiger partial charge in [0, 0.05) is 37.3 Å². The third kappa shape index (κ3) is 3.28. The first-order valence-electron chi connectivity index (χ1n) is 12.7. The smallest absolute Gasteiger partial charge is 0.168 e. The SMILES string of the molecule is c1ccc2c(c1)ccn1c(-c3ccc(-c4ccc(-c5cccc6c5sc5ccccc56)cc4)cc3)nnc21. The Labute approximate surface area is 223 Å². The summed E-state index contributed by atoms with van der Waals surface area (Å²) in [6.07, 6.45) is 2.05. The van der Waals surface area contributed by atoms with E-state index >= 15 is 0 Å². The van der Waals surface area contributed by atoms with Gasteiger partial charge >= 0.3 is 0 Å². The van der Waals surface area contributed by atoms with E-state index in [0.717, 1.165) is 22.4 Å². The van der Waals surface area contributed by atoms with Crippen molar-refractivity contribution in [2.24, 2.45) is 0 Å². The first-order valence-corrected chi connectivity index (χ1v) is 13.5. The molecule has 0 aliphatic carbocycles. The van der Waals surface area contributed by atoms with Crippen LogP contribution in [-0.2, 0) is 0 Å². The minimum absolute atomic E-state index is 0.851. The molecule has 178 valence electrons. The molecule has 4 heteroatoms. The molecule has 3 aromatic heterocycles. The number of fused-ring (bicyclic) bond motifs is 6. The largest absolute Gasteiger partial charge is 0.282 e. The van der Waals surface area contributed by atoms with Gasteiger partial charge in [0.1, 0.15) is 0 Å². The first-order chi connectivity index (χ1) is 18.8. The molecular weight excluding hydrogens is 482 g/mol. The van der Waals surface area contributed by atoms with Crippen LogP contribution < -0.4 is 0 Å². The Bertz CT molecular complexity index is 2120. The summed E-state index contributed by atoms with van der Waals surface area (Å²) in [5.74, 6) is 0.851. The van der Waals surface area contributed by atoms with Crippen LogP contribution in [0.25, 0.3) is 70.2 Å². The van der Waals surface area contributed by atoms with E-state index in [1.54, 1.807) is 0 Å². The standard InChI is InChI=1S/C34H21N3S/c1-2-7-28-24(6-1)20-21-37-33(35-36-34(28)37)26-18-14-23(15-19-26)22-12-16-25(17-13-22)27-9-5-10-30-29-8-3-4-11-31(29)38-32(27)30/h1-21H. The van der Waals surface area contributed by atoms with E-state index < -0.39 is 0 Å². The van der Waals surface area contributed by atoms with Crippen LogP contribution in [0.1, 0.15) is 0 Å². The molecule has 0 unspecified atom stereocenters. The zero-order valence-electron chi connectivity index (χ0n) is 20.4. The van der Waals surface area contributed by atoms with E-state index in [9.17, 15) is 0 Å². The van der Waals surface area contributed by atoms with Gasteiger partial charge in [0.05, 0.1) is 0 Å². The second kappa shape index (κ2) is 8.37. The molecule has 0 aliphatic heterocycles. The third-order valence-electron chi connectivity index (χ3n) is 7.38. The Morgan fingerprint density at radius 3 is 1.97 bits per heavy atom. The fourth-order valence-corrected chi connectivity index (χ4v) is 6.68. The maximum absolute atomic E-state index is 4.52. The van der Waals surface area contributed by atoms with Crippen molar-refractivity contribution in [3.05, 3.63) is 128 Å². The Kier molecular flexibility index (Phi) is 4.69. The number of nitrogens with zero attached hydrogens (tertiary/aromatic N) is 3. The van der Waals surface area contributed by atoms with Crippen LogP contribution in [-0.4, -0.2) is 14.6 Å². The summed E-state index contributed by atoms with van der Waals surface area (Å²) in [7, 11) is 0. The van der Waals surface area contributed by atoms with Crippen LogP contribution in [0.5, 0.6) is 0 Å². The molecule has 0 aliphatic rings. The monoisotopic (exact) mass is 503 g/mol. The van der Waals surface area contributed by atoms with Crippen molar-refractivity contribution >= 4 is 47.9 Å². The molecular formula is C34H21N3S. The van der Waals surface area contributed by atoms with E-state index in [0.29, 0.717) is 0 Å². The van der Waals surface area contributed by atoms with Gasteiger partial charge in [0.25, 0.3) is 0 Å². The second-order valence-electron chi connectivity index (χ2n) is 9.56. The fourth-order valence-electron chi connectivity index (χ4n) is 5.44. The van der Waals surface area contributed by atoms with Gasteiger partial charge in [-0.2, -0.15) is 0 Å². The lowest BCUT2D eigenvalue weighted by molar-refractivity contribution is 1.11. The second-order valence-corrected chi connectivity index (χ2v) is 10.6. The summed E-state index contributed by atoms with van der Waals surface area (Å²) in [5, 5.41) is 13.9. The molecule has 8 rings (SSSR count). The van der Waals surface area contributed by atoms with Crippen LogP contribution in [0.3, 0.4) is 0 Å². The average molecular weight is 504 g/mol. The highest BCUT2D eigenvalue weighted by Crippen LogP contribution is 2.40. The molecule has 0 spiro atoms. The van der Waals surface area contributed by atoms with Gasteiger partial charge in [-0.3, -0.25) is 4.40 Å². The van der Waals surface area contributed by atoms with Crippen LogP contribution in [0.2, 0.25) is 0 Å². The Hall–Kier alpha value is -4.80. The molecule has 0 saturated carbocycles. The van der Waals surface area contributed by atoms with E-state index in [-0.39, 0.29) is 0 Å². The Morgan fingerprint density at radius 1 is 0.500 bits per heavy atom. The van der Waals surface area contributed by atoms with Gasteiger partial charge < -0.3 is 0 Å². The van der Waals surface area contributed by atoms with E-state index in [4.69, 9.17) is 0 Å². The molecule has 0 atom stereocenters. The van der Waals surface area contributed by atoms with Crippen LogP contribution in [0, 0.1) is 0 Å². The number of aromatic nitrogens is 3. The van der Waals surface area contributed by atoms with Crippen molar-refractivity contribution in [3.63, 3.8) is 0 Å². The highest BCUT2D eigenvalue weighted by molar-refractivity contribution is 7.26. The van der Waals surface area contributed by atoms with Crippen molar-refractivity contribution < 1.29 is 0 Å². The highest BCUT2D eigenvalue weighted by atomic mass is 32.1. The Balaban J connectivity index is 1.13. The average Bonchev–Trinajstić information content (AvgIpc) is 3.59. The molecule has 0 bridgehead atoms. The maximum Gasteiger partial charge on any atom is 0.168 e. The van der Waals surface area contributed by atoms with Crippen LogP contribution in [0.4, 0.5) is 0 Å². The number of pyridine rings is 1. The van der Waals surface area contributed by atoms with Gasteiger partial charge in [-0.1, -0.05) is 109 Å². The van der Waals surface area contributed by atoms with Crippen molar-refractivity contribution in [2.75, 3.05) is 0 Å². The molecule has 0 N–H and O–H groups in total. The summed E-state index contributed by atoms with van der Waals surface area (Å²) in [5.41, 5.74) is 6.83. The third-order valence-corrected chi connectivity index (χ3v) is 8.60. The molecule has 0 radical (unpaired) electrons. The maximum atomic E-state index is 4.52. The van der Waals surface area contributed by atoms with Crippen molar-refractivity contribution in [1.29, 1.82) is 0 Å². The molecule has 0 fully saturated rings. The molecule has 0 amide bonds. The molecule has 3 nitrogen and oxygen atoms in total. The van der Waals surface area contributed by atoms with Crippen molar-refractivity contribution in [2.45, 2.75) is 0 Å². The number of hydrogen-bond donors (Lipinski definition) is 0. The van der Waals surface area contributed by atoms with Gasteiger partial charge in [0.2, 0.25) is 0 Å². The minimum Gasteiger partial charge on any atom is -0.282 e. The fraction of sp³-hybridized carbons (Fsp3) is 0. The normalized spacial score (nSPS) is 11.7. The predicted octanol–water partition coefficient (Wildman–Crippen LogP) is 9.25. The summed E-state index contributed by atoms with van der Waals surface area (Å²) in [4.78, 5) is 0. The number of rotatable bonds is 3. The van der Waals surface area contributed by atoms with Gasteiger partial charge in [-0.15, -0.1) is 21.5 Å². The van der Waals surface area contributed by atoms with Gasteiger partial charge in [-0.05, 0) is 39.8 Å². The number of thiophene rings is 1. The molecule has 38 heavy (non-hydrogen) atoms. The summed E-state index contributed by atoms with van der Waals surface area (Å²) < 4.78 is 4.75. The predicted molar refractivity (Wildman–Crippen MR) is 160 cm³/mol. The summed E-state index contributed by atoms with van der Waals surface area (Å²) >= 11 is 1.87. The van der Waals surface area contributed by atoms with Crippen LogP contribution >= 0.6 is 11.3 Å². The zero-order valence-corrected chi connectivity index (χ0v) is 21.2. The summed E-state index contributed by atoms with van der Waals surface area (Å²) in [6, 6.07) is 43.2. The molecule has 0 saturated heterocycles. The minimum atomic E-state index is 0.851. The molecule has 5 aromatic carbocycles. The van der Waals surface area contributed by atoms with Crippen molar-refractivity contribution in [1.82, 2.24) is 14.6 Å². The van der Waals surface area contributed by atoms with Crippen LogP contribution in [0.15, 0.2) is 128 Å². The first kappa shape index (κ1) is 21.3. The van der Waals surface area contributed by atoms with E-state index in [1.165, 1.54) is 47.8 Å². The molecule has 8 aromatic rings. The number of hydrogen-bond acceptors (Lipinski definition) is 3. The van der Waals surface area contributed by atoms with E-state index in [2.05, 4.69) is 130 Å². The molecule has 3 heterocycles. The van der Waals surface area contributed by atoms with Crippen molar-refractivity contribution in [3.8, 4) is 33.6 Å². The zero-order chi connectivity index (χ0) is 25.1. The topological polar surface area (TPSA) is 30.2 Å². The van der Waals surface area contributed by atoms with E-state index in [1.807, 2.05) is 23.5 Å². The number of benzene rings is 5. The quantitative estimate of drug-likeness (QED) is 0.240. The lowest BCUT2D eigenvalue weighted by atomic mass is 9.98. The lowest BCUT2D eigenvalue weighted by Gasteiger charge is -2.07. The van der Waals surface area contributed by atoms with Gasteiger partial charge in [-0.25, -0.2) is 0 Å². The summed E-state index contributed by atoms with van der Waals surface area (Å²) in [6.45, 7) is 0. The lowest BCUT2D eigenvalue weighted by Crippen LogP contribution is -1.90. The Morgan fingerprint density at radius 2 is 1.16 bits per heavy atom. The van der Waals surface area contributed by atoms with Gasteiger partial charge in [0.15, 0.2) is 11.5 Å².